The zero-order chi connectivity index (χ0) is 18.6. The van der Waals surface area contributed by atoms with Gasteiger partial charge in [0.1, 0.15) is 6.61 Å². The van der Waals surface area contributed by atoms with Gasteiger partial charge in [-0.15, -0.1) is 0 Å². The number of hydrogen-bond acceptors (Lipinski definition) is 5. The highest BCUT2D eigenvalue weighted by molar-refractivity contribution is 5.94. The van der Waals surface area contributed by atoms with E-state index in [-0.39, 0.29) is 12.0 Å². The van der Waals surface area contributed by atoms with Gasteiger partial charge >= 0.3 is 0 Å². The maximum absolute atomic E-state index is 12.7. The molecule has 0 saturated carbocycles. The molecule has 0 radical (unpaired) electrons. The summed E-state index contributed by atoms with van der Waals surface area (Å²) in [6, 6.07) is 14.9. The van der Waals surface area contributed by atoms with E-state index >= 15 is 0 Å². The number of hydrogen-bond donors (Lipinski definition) is 0. The normalized spacial score (nSPS) is 15.2. The summed E-state index contributed by atoms with van der Waals surface area (Å²) in [5.41, 5.74) is 2.30. The molecule has 27 heavy (non-hydrogen) atoms. The molecular weight excluding hydrogens is 342 g/mol. The Balaban J connectivity index is 1.41. The second kappa shape index (κ2) is 7.45. The molecule has 3 heterocycles. The third-order valence-electron chi connectivity index (χ3n) is 4.38. The van der Waals surface area contributed by atoms with Crippen LogP contribution in [0.4, 0.5) is 0 Å². The Kier molecular flexibility index (Phi) is 4.70. The van der Waals surface area contributed by atoms with E-state index in [1.165, 1.54) is 0 Å². The molecule has 1 unspecified atom stereocenters. The Morgan fingerprint density at radius 1 is 1.11 bits per heavy atom. The minimum atomic E-state index is -0.210. The van der Waals surface area contributed by atoms with Crippen LogP contribution in [0.1, 0.15) is 10.4 Å². The number of carbonyl (C=O) groups excluding carboxylic acids is 1. The summed E-state index contributed by atoms with van der Waals surface area (Å²) in [7, 11) is 1.75. The van der Waals surface area contributed by atoms with E-state index in [9.17, 15) is 4.79 Å². The Hall–Kier alpha value is -3.41. The van der Waals surface area contributed by atoms with Gasteiger partial charge in [-0.25, -0.2) is 0 Å². The first-order chi connectivity index (χ1) is 13.2. The van der Waals surface area contributed by atoms with Gasteiger partial charge in [0.15, 0.2) is 17.6 Å². The summed E-state index contributed by atoms with van der Waals surface area (Å²) < 4.78 is 11.6. The average molecular weight is 361 g/mol. The van der Waals surface area contributed by atoms with Crippen LogP contribution in [0.15, 0.2) is 67.1 Å². The van der Waals surface area contributed by atoms with Crippen LogP contribution in [0.2, 0.25) is 0 Å². The van der Waals surface area contributed by atoms with Crippen LogP contribution in [0, 0.1) is 0 Å². The van der Waals surface area contributed by atoms with Gasteiger partial charge in [0, 0.05) is 31.2 Å². The van der Waals surface area contributed by atoms with Crippen LogP contribution < -0.4 is 9.47 Å². The van der Waals surface area contributed by atoms with Gasteiger partial charge in [0.25, 0.3) is 5.91 Å². The molecule has 0 saturated heterocycles. The minimum absolute atomic E-state index is 0.105. The lowest BCUT2D eigenvalue weighted by molar-refractivity contribution is 0.0520. The molecule has 1 atom stereocenters. The quantitative estimate of drug-likeness (QED) is 0.715. The molecule has 136 valence electrons. The molecule has 2 aromatic heterocycles. The van der Waals surface area contributed by atoms with Gasteiger partial charge in [0.05, 0.1) is 17.8 Å². The molecule has 6 nitrogen and oxygen atoms in total. The van der Waals surface area contributed by atoms with Crippen molar-refractivity contribution in [1.82, 2.24) is 14.9 Å². The summed E-state index contributed by atoms with van der Waals surface area (Å²) >= 11 is 0. The van der Waals surface area contributed by atoms with Crippen molar-refractivity contribution in [3.05, 3.63) is 72.7 Å². The average Bonchev–Trinajstić information content (AvgIpc) is 2.74. The zero-order valence-electron chi connectivity index (χ0n) is 14.9. The van der Waals surface area contributed by atoms with Crippen molar-refractivity contribution >= 4 is 5.91 Å². The lowest BCUT2D eigenvalue weighted by atomic mass is 10.1. The summed E-state index contributed by atoms with van der Waals surface area (Å²) in [5.74, 6) is 1.34. The van der Waals surface area contributed by atoms with Gasteiger partial charge in [-0.2, -0.15) is 0 Å². The zero-order valence-corrected chi connectivity index (χ0v) is 14.9. The minimum Gasteiger partial charge on any atom is -0.486 e. The molecule has 4 rings (SSSR count). The van der Waals surface area contributed by atoms with Gasteiger partial charge in [-0.1, -0.05) is 12.1 Å². The maximum Gasteiger partial charge on any atom is 0.255 e. The van der Waals surface area contributed by atoms with Crippen molar-refractivity contribution in [3.8, 4) is 22.8 Å². The van der Waals surface area contributed by atoms with Crippen molar-refractivity contribution in [1.29, 1.82) is 0 Å². The highest BCUT2D eigenvalue weighted by Crippen LogP contribution is 2.31. The van der Waals surface area contributed by atoms with Crippen LogP contribution in [-0.4, -0.2) is 47.1 Å². The summed E-state index contributed by atoms with van der Waals surface area (Å²) in [6.45, 7) is 0.840. The van der Waals surface area contributed by atoms with Crippen LogP contribution in [0.25, 0.3) is 11.3 Å². The predicted molar refractivity (Wildman–Crippen MR) is 101 cm³/mol. The lowest BCUT2D eigenvalue weighted by Crippen LogP contribution is -2.41. The highest BCUT2D eigenvalue weighted by atomic mass is 16.6. The van der Waals surface area contributed by atoms with E-state index in [1.54, 1.807) is 36.6 Å². The van der Waals surface area contributed by atoms with Gasteiger partial charge in [-0.05, 0) is 36.4 Å². The Labute approximate surface area is 157 Å². The van der Waals surface area contributed by atoms with Crippen molar-refractivity contribution in [2.75, 3.05) is 20.2 Å². The van der Waals surface area contributed by atoms with Gasteiger partial charge < -0.3 is 14.4 Å². The fourth-order valence-electron chi connectivity index (χ4n) is 2.98. The van der Waals surface area contributed by atoms with Crippen molar-refractivity contribution in [2.24, 2.45) is 0 Å². The lowest BCUT2D eigenvalue weighted by Gasteiger charge is -2.29. The molecule has 0 bridgehead atoms. The molecule has 1 aliphatic heterocycles. The number of benzene rings is 1. The molecular formula is C21H19N3O3. The number of likely N-dealkylation sites (N-methyl/N-ethyl adjacent to an activating group) is 1. The SMILES string of the molecule is CN(CC1COc2ccccc2O1)C(=O)c1ccc(-c2ccncc2)nc1. The maximum atomic E-state index is 12.7. The van der Waals surface area contributed by atoms with E-state index in [0.29, 0.717) is 24.5 Å². The standard InChI is InChI=1S/C21H19N3O3/c1-24(13-17-14-26-19-4-2-3-5-20(19)27-17)21(25)16-6-7-18(23-12-16)15-8-10-22-11-9-15/h2-12,17H,13-14H2,1H3. The van der Waals surface area contributed by atoms with Crippen LogP contribution in [0.3, 0.4) is 0 Å². The van der Waals surface area contributed by atoms with E-state index in [1.807, 2.05) is 42.5 Å². The van der Waals surface area contributed by atoms with E-state index in [2.05, 4.69) is 9.97 Å². The molecule has 1 aromatic carbocycles. The summed E-state index contributed by atoms with van der Waals surface area (Å²) in [5, 5.41) is 0. The largest absolute Gasteiger partial charge is 0.486 e. The Bertz CT molecular complexity index is 929. The van der Waals surface area contributed by atoms with Crippen molar-refractivity contribution in [3.63, 3.8) is 0 Å². The molecule has 3 aromatic rings. The number of para-hydroxylation sites is 2. The van der Waals surface area contributed by atoms with E-state index < -0.39 is 0 Å². The number of fused-ring (bicyclic) bond motifs is 1. The fraction of sp³-hybridized carbons (Fsp3) is 0.190. The van der Waals surface area contributed by atoms with Crippen LogP contribution in [0.5, 0.6) is 11.5 Å². The number of carbonyl (C=O) groups is 1. The third-order valence-corrected chi connectivity index (χ3v) is 4.38. The number of pyridine rings is 2. The first kappa shape index (κ1) is 17.0. The monoisotopic (exact) mass is 361 g/mol. The second-order valence-electron chi connectivity index (χ2n) is 6.35. The van der Waals surface area contributed by atoms with Crippen LogP contribution >= 0.6 is 0 Å². The first-order valence-electron chi connectivity index (χ1n) is 8.71. The number of amides is 1. The molecule has 0 spiro atoms. The van der Waals surface area contributed by atoms with E-state index in [0.717, 1.165) is 17.0 Å². The van der Waals surface area contributed by atoms with Crippen LogP contribution in [-0.2, 0) is 0 Å². The molecule has 0 fully saturated rings. The topological polar surface area (TPSA) is 64.6 Å². The van der Waals surface area contributed by atoms with E-state index in [4.69, 9.17) is 9.47 Å². The smallest absolute Gasteiger partial charge is 0.255 e. The molecule has 6 heteroatoms. The van der Waals surface area contributed by atoms with Crippen molar-refractivity contribution in [2.45, 2.75) is 6.10 Å². The fourth-order valence-corrected chi connectivity index (χ4v) is 2.98. The predicted octanol–water partition coefficient (Wildman–Crippen LogP) is 3.06. The number of ether oxygens (including phenoxy) is 2. The Morgan fingerprint density at radius 3 is 2.63 bits per heavy atom. The number of nitrogens with zero attached hydrogens (tertiary/aromatic N) is 3. The molecule has 0 N–H and O–H groups in total. The highest BCUT2D eigenvalue weighted by Gasteiger charge is 2.24. The molecule has 1 aliphatic rings. The first-order valence-corrected chi connectivity index (χ1v) is 8.71. The third kappa shape index (κ3) is 3.74. The summed E-state index contributed by atoms with van der Waals surface area (Å²) in [6.07, 6.45) is 4.82. The Morgan fingerprint density at radius 2 is 1.89 bits per heavy atom. The summed E-state index contributed by atoms with van der Waals surface area (Å²) in [4.78, 5) is 22.7. The van der Waals surface area contributed by atoms with Gasteiger partial charge in [-0.3, -0.25) is 14.8 Å². The second-order valence-corrected chi connectivity index (χ2v) is 6.35. The number of rotatable bonds is 4. The molecule has 0 aliphatic carbocycles. The number of aromatic nitrogens is 2. The van der Waals surface area contributed by atoms with Gasteiger partial charge in [0.2, 0.25) is 0 Å². The molecule has 1 amide bonds. The van der Waals surface area contributed by atoms with Crippen molar-refractivity contribution < 1.29 is 14.3 Å².